The van der Waals surface area contributed by atoms with E-state index in [0.717, 1.165) is 44.9 Å². The third-order valence-electron chi connectivity index (χ3n) is 11.4. The molecule has 1 aromatic rings. The topological polar surface area (TPSA) is 185 Å². The molecule has 49 heavy (non-hydrogen) atoms. The molecule has 1 saturated heterocycles. The van der Waals surface area contributed by atoms with Gasteiger partial charge in [-0.2, -0.15) is 0 Å². The van der Waals surface area contributed by atoms with Crippen LogP contribution in [0.4, 0.5) is 4.79 Å². The first-order valence-electron chi connectivity index (χ1n) is 17.8. The number of carbonyl (C=O) groups is 5. The Kier molecular flexibility index (Phi) is 11.1. The van der Waals surface area contributed by atoms with E-state index in [4.69, 9.17) is 5.73 Å². The van der Waals surface area contributed by atoms with Crippen molar-refractivity contribution in [3.63, 3.8) is 0 Å². The van der Waals surface area contributed by atoms with Crippen molar-refractivity contribution < 1.29 is 32.4 Å². The zero-order chi connectivity index (χ0) is 35.7. The molecule has 0 aromatic heterocycles. The molecule has 0 bridgehead atoms. The number of nitrogens with two attached hydrogens (primary N) is 1. The van der Waals surface area contributed by atoms with Crippen molar-refractivity contribution in [3.05, 3.63) is 35.9 Å². The number of sulfone groups is 1. The minimum atomic E-state index is -3.57. The number of nitrogens with one attached hydrogen (secondary N) is 3. The number of benzene rings is 1. The smallest absolute Gasteiger partial charge is 0.315 e. The minimum absolute atomic E-state index is 0.0712. The van der Waals surface area contributed by atoms with Crippen LogP contribution in [0.25, 0.3) is 0 Å². The Morgan fingerprint density at radius 3 is 2.18 bits per heavy atom. The van der Waals surface area contributed by atoms with Crippen LogP contribution in [0.5, 0.6) is 0 Å². The number of urea groups is 1. The van der Waals surface area contributed by atoms with Gasteiger partial charge in [-0.25, -0.2) is 13.2 Å². The van der Waals surface area contributed by atoms with Gasteiger partial charge in [-0.1, -0.05) is 90.1 Å². The number of hydrogen-bond donors (Lipinski definition) is 4. The maximum Gasteiger partial charge on any atom is 0.315 e. The van der Waals surface area contributed by atoms with Crippen molar-refractivity contribution in [3.8, 4) is 0 Å². The summed E-state index contributed by atoms with van der Waals surface area (Å²) in [6, 6.07) is 4.75. The number of nitrogens with zero attached hydrogens (tertiary/aromatic N) is 1. The number of piperidine rings is 1. The Labute approximate surface area is 290 Å². The standard InChI is InChI=1S/C36H53N5O7S/c1-21(2)27(20-49(47,48)19-23-11-7-5-8-12-23)39-35(46)40-29(24-13-9-6-10-14-24)34(45)41-18-25-28(36(25,3)4)30(41)33(44)38-26(17-22-15-16-22)31(42)32(37)43/h5,7-8,11-12,21-22,24-30H,6,9-10,13-20H2,1-4H3,(H2,37,43)(H,38,44)(H2,39,40,46)/t25?,26?,27-,28+,29+,30+/m1/s1. The quantitative estimate of drug-likeness (QED) is 0.203. The van der Waals surface area contributed by atoms with Crippen LogP contribution in [0.2, 0.25) is 0 Å². The fourth-order valence-corrected chi connectivity index (χ4v) is 9.93. The lowest BCUT2D eigenvalue weighted by atomic mass is 9.83. The SMILES string of the molecule is CC(C)[C@@H](CS(=O)(=O)Cc1ccccc1)NC(=O)N[C@H](C(=O)N1CC2[C@@H]([C@H]1C(=O)NC(CC1CC1)C(=O)C(N)=O)C2(C)C)C1CCCCC1. The summed E-state index contributed by atoms with van der Waals surface area (Å²) in [5.74, 6) is -3.37. The van der Waals surface area contributed by atoms with Gasteiger partial charge in [0.2, 0.25) is 17.6 Å². The lowest BCUT2D eigenvalue weighted by molar-refractivity contribution is -0.144. The third-order valence-corrected chi connectivity index (χ3v) is 13.0. The Morgan fingerprint density at radius 2 is 1.59 bits per heavy atom. The number of likely N-dealkylation sites (tertiary alicyclic amines) is 1. The number of ketones is 1. The predicted molar refractivity (Wildman–Crippen MR) is 184 cm³/mol. The maximum absolute atomic E-state index is 14.5. The summed E-state index contributed by atoms with van der Waals surface area (Å²) < 4.78 is 26.3. The lowest BCUT2D eigenvalue weighted by Gasteiger charge is -2.37. The van der Waals surface area contributed by atoms with Gasteiger partial charge in [0.15, 0.2) is 9.84 Å². The number of hydrogen-bond acceptors (Lipinski definition) is 7. The molecule has 4 fully saturated rings. The molecule has 12 nitrogen and oxygen atoms in total. The van der Waals surface area contributed by atoms with Gasteiger partial charge in [-0.3, -0.25) is 19.2 Å². The first-order chi connectivity index (χ1) is 23.1. The van der Waals surface area contributed by atoms with E-state index in [2.05, 4.69) is 29.8 Å². The van der Waals surface area contributed by atoms with Gasteiger partial charge in [0, 0.05) is 12.6 Å². The normalized spacial score (nSPS) is 25.1. The molecule has 1 aliphatic heterocycles. The molecular formula is C36H53N5O7S. The van der Waals surface area contributed by atoms with Crippen LogP contribution in [0.15, 0.2) is 30.3 Å². The van der Waals surface area contributed by atoms with Crippen LogP contribution in [0.3, 0.4) is 0 Å². The highest BCUT2D eigenvalue weighted by Gasteiger charge is 2.69. The molecule has 0 radical (unpaired) electrons. The molecular weight excluding hydrogens is 646 g/mol. The second-order valence-electron chi connectivity index (χ2n) is 15.7. The van der Waals surface area contributed by atoms with E-state index >= 15 is 0 Å². The molecule has 4 aliphatic rings. The van der Waals surface area contributed by atoms with E-state index < -0.39 is 57.6 Å². The summed E-state index contributed by atoms with van der Waals surface area (Å²) in [6.45, 7) is 8.14. The van der Waals surface area contributed by atoms with Gasteiger partial charge in [0.05, 0.1) is 17.5 Å². The fraction of sp³-hybridized carbons (Fsp3) is 0.694. The highest BCUT2D eigenvalue weighted by molar-refractivity contribution is 7.90. The maximum atomic E-state index is 14.5. The van der Waals surface area contributed by atoms with E-state index in [9.17, 15) is 32.4 Å². The van der Waals surface area contributed by atoms with E-state index in [-0.39, 0.29) is 52.4 Å². The second-order valence-corrected chi connectivity index (χ2v) is 17.9. The molecule has 5 amide bonds. The largest absolute Gasteiger partial charge is 0.363 e. The molecule has 3 aliphatic carbocycles. The zero-order valence-corrected chi connectivity index (χ0v) is 30.0. The van der Waals surface area contributed by atoms with Crippen LogP contribution in [-0.2, 0) is 34.8 Å². The summed E-state index contributed by atoms with van der Waals surface area (Å²) >= 11 is 0. The number of rotatable bonds is 15. The van der Waals surface area contributed by atoms with E-state index in [0.29, 0.717) is 18.5 Å². The van der Waals surface area contributed by atoms with Crippen LogP contribution in [-0.4, -0.2) is 79.3 Å². The van der Waals surface area contributed by atoms with Crippen molar-refractivity contribution in [2.24, 2.45) is 40.7 Å². The van der Waals surface area contributed by atoms with Gasteiger partial charge >= 0.3 is 6.03 Å². The van der Waals surface area contributed by atoms with Gasteiger partial charge in [0.25, 0.3) is 5.91 Å². The first kappa shape index (κ1) is 36.8. The van der Waals surface area contributed by atoms with Gasteiger partial charge in [-0.05, 0) is 59.8 Å². The van der Waals surface area contributed by atoms with Crippen LogP contribution in [0, 0.1) is 35.0 Å². The molecule has 3 saturated carbocycles. The molecule has 0 spiro atoms. The van der Waals surface area contributed by atoms with Gasteiger partial charge in [0.1, 0.15) is 12.1 Å². The predicted octanol–water partition coefficient (Wildman–Crippen LogP) is 2.70. The average molecular weight is 700 g/mol. The summed E-state index contributed by atoms with van der Waals surface area (Å²) in [5.41, 5.74) is 5.79. The van der Waals surface area contributed by atoms with Gasteiger partial charge < -0.3 is 26.6 Å². The molecule has 6 atom stereocenters. The van der Waals surface area contributed by atoms with Crippen molar-refractivity contribution in [2.75, 3.05) is 12.3 Å². The molecule has 270 valence electrons. The number of amides is 5. The Balaban J connectivity index is 1.32. The number of primary amides is 1. The molecule has 5 N–H and O–H groups in total. The van der Waals surface area contributed by atoms with E-state index in [1.807, 2.05) is 19.9 Å². The summed E-state index contributed by atoms with van der Waals surface area (Å²) in [7, 11) is -3.57. The van der Waals surface area contributed by atoms with Crippen molar-refractivity contribution in [1.29, 1.82) is 0 Å². The second kappa shape index (κ2) is 14.8. The lowest BCUT2D eigenvalue weighted by Crippen LogP contribution is -2.61. The van der Waals surface area contributed by atoms with Crippen LogP contribution < -0.4 is 21.7 Å². The van der Waals surface area contributed by atoms with E-state index in [1.54, 1.807) is 29.2 Å². The number of fused-ring (bicyclic) bond motifs is 1. The summed E-state index contributed by atoms with van der Waals surface area (Å²) in [4.78, 5) is 68.1. The molecule has 2 unspecified atom stereocenters. The van der Waals surface area contributed by atoms with Crippen molar-refractivity contribution in [1.82, 2.24) is 20.9 Å². The van der Waals surface area contributed by atoms with Crippen LogP contribution in [0.1, 0.15) is 84.6 Å². The third kappa shape index (κ3) is 8.82. The Morgan fingerprint density at radius 1 is 0.939 bits per heavy atom. The molecule has 1 aromatic carbocycles. The zero-order valence-electron chi connectivity index (χ0n) is 29.2. The highest BCUT2D eigenvalue weighted by Crippen LogP contribution is 2.65. The minimum Gasteiger partial charge on any atom is -0.363 e. The molecule has 5 rings (SSSR count). The Bertz CT molecular complexity index is 1520. The van der Waals surface area contributed by atoms with Gasteiger partial charge in [-0.15, -0.1) is 0 Å². The number of carbonyl (C=O) groups excluding carboxylic acids is 5. The summed E-state index contributed by atoms with van der Waals surface area (Å²) in [6.07, 6.45) is 6.46. The first-order valence-corrected chi connectivity index (χ1v) is 19.7. The van der Waals surface area contributed by atoms with Crippen LogP contribution >= 0.6 is 0 Å². The highest BCUT2D eigenvalue weighted by atomic mass is 32.2. The monoisotopic (exact) mass is 699 g/mol. The molecule has 13 heteroatoms. The molecule has 1 heterocycles. The fourth-order valence-electron chi connectivity index (χ4n) is 8.10. The summed E-state index contributed by atoms with van der Waals surface area (Å²) in [5, 5.41) is 8.56. The van der Waals surface area contributed by atoms with Crippen molar-refractivity contribution in [2.45, 2.75) is 109 Å². The Hall–Kier alpha value is -3.48. The van der Waals surface area contributed by atoms with E-state index in [1.165, 1.54) is 0 Å². The number of Topliss-reactive ketones (excluding diaryl/α,β-unsaturated/α-hetero) is 1. The van der Waals surface area contributed by atoms with Crippen molar-refractivity contribution >= 4 is 39.4 Å². The average Bonchev–Trinajstić information content (AvgIpc) is 3.90.